The van der Waals surface area contributed by atoms with Crippen molar-refractivity contribution in [1.29, 1.82) is 0 Å². The van der Waals surface area contributed by atoms with Gasteiger partial charge in [-0.25, -0.2) is 4.79 Å². The van der Waals surface area contributed by atoms with Crippen LogP contribution >= 0.6 is 24.0 Å². The zero-order valence-corrected chi connectivity index (χ0v) is 10.1. The fourth-order valence-corrected chi connectivity index (χ4v) is 2.33. The van der Waals surface area contributed by atoms with Gasteiger partial charge in [-0.05, 0) is 26.7 Å². The van der Waals surface area contributed by atoms with E-state index in [0.29, 0.717) is 4.32 Å². The molecule has 1 aliphatic heterocycles. The number of hydrogen-bond acceptors (Lipinski definition) is 4. The van der Waals surface area contributed by atoms with E-state index in [1.807, 2.05) is 13.8 Å². The summed E-state index contributed by atoms with van der Waals surface area (Å²) in [5.74, 6) is 0. The second kappa shape index (κ2) is 5.56. The molecule has 80 valence electrons. The lowest BCUT2D eigenvalue weighted by atomic mass is 10.4. The molecule has 0 bridgehead atoms. The van der Waals surface area contributed by atoms with Crippen molar-refractivity contribution in [2.75, 3.05) is 13.1 Å². The van der Waals surface area contributed by atoms with Crippen LogP contribution < -0.4 is 0 Å². The van der Waals surface area contributed by atoms with Gasteiger partial charge >= 0.3 is 5.30 Å². The number of thiocarbonyl (C=S) groups is 1. The van der Waals surface area contributed by atoms with Crippen molar-refractivity contribution in [2.45, 2.75) is 32.8 Å². The fraction of sp³-hybridized carbons (Fsp3) is 0.778. The smallest absolute Gasteiger partial charge is 0.374 e. The topological polar surface area (TPSA) is 29.5 Å². The van der Waals surface area contributed by atoms with E-state index in [4.69, 9.17) is 17.0 Å². The summed E-state index contributed by atoms with van der Waals surface area (Å²) in [6, 6.07) is 0. The normalized spacial score (nSPS) is 16.1. The minimum Gasteiger partial charge on any atom is -0.455 e. The van der Waals surface area contributed by atoms with Gasteiger partial charge in [-0.15, -0.1) is 0 Å². The molecule has 0 atom stereocenters. The number of hydrogen-bond donors (Lipinski definition) is 0. The van der Waals surface area contributed by atoms with E-state index in [2.05, 4.69) is 4.90 Å². The van der Waals surface area contributed by atoms with E-state index in [-0.39, 0.29) is 11.4 Å². The van der Waals surface area contributed by atoms with Crippen molar-refractivity contribution in [3.05, 3.63) is 0 Å². The molecular weight excluding hydrogens is 218 g/mol. The molecule has 0 aliphatic carbocycles. The van der Waals surface area contributed by atoms with Gasteiger partial charge in [0.05, 0.1) is 6.10 Å². The van der Waals surface area contributed by atoms with Crippen LogP contribution in [0.15, 0.2) is 0 Å². The lowest BCUT2D eigenvalue weighted by Gasteiger charge is -2.17. The Morgan fingerprint density at radius 2 is 2.00 bits per heavy atom. The maximum atomic E-state index is 11.2. The second-order valence-corrected chi connectivity index (χ2v) is 5.05. The molecule has 1 aliphatic rings. The van der Waals surface area contributed by atoms with Crippen molar-refractivity contribution in [3.63, 3.8) is 0 Å². The molecule has 1 fully saturated rings. The van der Waals surface area contributed by atoms with Crippen LogP contribution in [0.4, 0.5) is 4.79 Å². The number of ether oxygens (including phenoxy) is 1. The average molecular weight is 233 g/mol. The summed E-state index contributed by atoms with van der Waals surface area (Å²) in [4.78, 5) is 13.3. The molecule has 14 heavy (non-hydrogen) atoms. The Morgan fingerprint density at radius 1 is 1.43 bits per heavy atom. The summed E-state index contributed by atoms with van der Waals surface area (Å²) >= 11 is 6.15. The molecule has 0 aromatic carbocycles. The Labute approximate surface area is 94.2 Å². The van der Waals surface area contributed by atoms with Gasteiger partial charge in [0.25, 0.3) is 0 Å². The molecule has 0 unspecified atom stereocenters. The highest BCUT2D eigenvalue weighted by molar-refractivity contribution is 8.32. The van der Waals surface area contributed by atoms with E-state index in [9.17, 15) is 4.79 Å². The van der Waals surface area contributed by atoms with Gasteiger partial charge in [0, 0.05) is 24.9 Å². The van der Waals surface area contributed by atoms with E-state index in [1.54, 1.807) is 0 Å². The predicted octanol–water partition coefficient (Wildman–Crippen LogP) is 2.65. The van der Waals surface area contributed by atoms with Gasteiger partial charge in [-0.2, -0.15) is 0 Å². The zero-order chi connectivity index (χ0) is 10.6. The third-order valence-corrected chi connectivity index (χ3v) is 3.07. The Morgan fingerprint density at radius 3 is 2.50 bits per heavy atom. The molecule has 0 radical (unpaired) electrons. The summed E-state index contributed by atoms with van der Waals surface area (Å²) in [5, 5.41) is -0.295. The summed E-state index contributed by atoms with van der Waals surface area (Å²) in [7, 11) is 0. The number of rotatable bonds is 1. The summed E-state index contributed by atoms with van der Waals surface area (Å²) in [5.41, 5.74) is 0. The molecular formula is C9H15NO2S2. The van der Waals surface area contributed by atoms with Crippen LogP contribution in [0.25, 0.3) is 0 Å². The van der Waals surface area contributed by atoms with Gasteiger partial charge in [0.1, 0.15) is 4.32 Å². The summed E-state index contributed by atoms with van der Waals surface area (Å²) in [6.45, 7) is 5.61. The van der Waals surface area contributed by atoms with Crippen molar-refractivity contribution in [2.24, 2.45) is 0 Å². The highest BCUT2D eigenvalue weighted by atomic mass is 32.2. The van der Waals surface area contributed by atoms with Crippen LogP contribution in [0, 0.1) is 0 Å². The van der Waals surface area contributed by atoms with Gasteiger partial charge in [-0.3, -0.25) is 0 Å². The number of likely N-dealkylation sites (tertiary alicyclic amines) is 1. The molecule has 1 heterocycles. The van der Waals surface area contributed by atoms with Gasteiger partial charge in [0.15, 0.2) is 0 Å². The van der Waals surface area contributed by atoms with E-state index >= 15 is 0 Å². The molecule has 3 nitrogen and oxygen atoms in total. The third kappa shape index (κ3) is 3.84. The molecule has 0 N–H and O–H groups in total. The minimum absolute atomic E-state index is 0.0728. The summed E-state index contributed by atoms with van der Waals surface area (Å²) in [6.07, 6.45) is 2.26. The first-order valence-electron chi connectivity index (χ1n) is 4.77. The number of thioether (sulfide) groups is 1. The first kappa shape index (κ1) is 11.8. The van der Waals surface area contributed by atoms with E-state index in [0.717, 1.165) is 24.9 Å². The fourth-order valence-electron chi connectivity index (χ4n) is 1.25. The quantitative estimate of drug-likeness (QED) is 0.513. The van der Waals surface area contributed by atoms with Gasteiger partial charge in [0.2, 0.25) is 0 Å². The van der Waals surface area contributed by atoms with E-state index in [1.165, 1.54) is 12.8 Å². The highest BCUT2D eigenvalue weighted by Crippen LogP contribution is 2.18. The van der Waals surface area contributed by atoms with Crippen molar-refractivity contribution >= 4 is 33.6 Å². The van der Waals surface area contributed by atoms with Crippen LogP contribution in [0.2, 0.25) is 0 Å². The molecule has 0 aromatic heterocycles. The van der Waals surface area contributed by atoms with Crippen LogP contribution in [0.5, 0.6) is 0 Å². The average Bonchev–Trinajstić information content (AvgIpc) is 2.53. The first-order valence-corrected chi connectivity index (χ1v) is 5.99. The standard InChI is InChI=1S/C9H15NO2S2/c1-7(2)12-9(11)14-8(13)10-5-3-4-6-10/h7H,3-6H2,1-2H3. The molecule has 0 amide bonds. The number of carbonyl (C=O) groups is 1. The van der Waals surface area contributed by atoms with Crippen LogP contribution in [-0.2, 0) is 4.74 Å². The van der Waals surface area contributed by atoms with Crippen molar-refractivity contribution in [1.82, 2.24) is 4.90 Å². The second-order valence-electron chi connectivity index (χ2n) is 3.48. The molecule has 0 spiro atoms. The zero-order valence-electron chi connectivity index (χ0n) is 8.49. The lowest BCUT2D eigenvalue weighted by Crippen LogP contribution is -2.24. The largest absolute Gasteiger partial charge is 0.455 e. The molecule has 5 heteroatoms. The molecule has 0 saturated carbocycles. The van der Waals surface area contributed by atoms with Crippen LogP contribution in [0.3, 0.4) is 0 Å². The Hall–Kier alpha value is -0.290. The minimum atomic E-state index is -0.295. The maximum Gasteiger partial charge on any atom is 0.374 e. The van der Waals surface area contributed by atoms with Crippen LogP contribution in [0.1, 0.15) is 26.7 Å². The van der Waals surface area contributed by atoms with Crippen LogP contribution in [-0.4, -0.2) is 33.7 Å². The first-order chi connectivity index (χ1) is 6.59. The van der Waals surface area contributed by atoms with E-state index < -0.39 is 0 Å². The highest BCUT2D eigenvalue weighted by Gasteiger charge is 2.19. The molecule has 1 saturated heterocycles. The lowest BCUT2D eigenvalue weighted by molar-refractivity contribution is 0.143. The Bertz CT molecular complexity index is 225. The van der Waals surface area contributed by atoms with Crippen molar-refractivity contribution < 1.29 is 9.53 Å². The monoisotopic (exact) mass is 233 g/mol. The van der Waals surface area contributed by atoms with Gasteiger partial charge < -0.3 is 9.64 Å². The number of carbonyl (C=O) groups excluding carboxylic acids is 1. The van der Waals surface area contributed by atoms with Gasteiger partial charge in [-0.1, -0.05) is 12.2 Å². The van der Waals surface area contributed by atoms with Crippen molar-refractivity contribution in [3.8, 4) is 0 Å². The molecule has 1 rings (SSSR count). The Balaban J connectivity index is 2.28. The maximum absolute atomic E-state index is 11.2. The Kier molecular flexibility index (Phi) is 4.68. The number of nitrogens with zero attached hydrogens (tertiary/aromatic N) is 1. The summed E-state index contributed by atoms with van der Waals surface area (Å²) < 4.78 is 5.64. The molecule has 0 aromatic rings. The third-order valence-electron chi connectivity index (χ3n) is 1.87. The SMILES string of the molecule is CC(C)OC(=O)SC(=S)N1CCCC1. The predicted molar refractivity (Wildman–Crippen MR) is 62.6 cm³/mol.